The number of carbonyl (C=O) groups is 1. The number of likely N-dealkylation sites (N-methyl/N-ethyl adjacent to an activating group) is 1. The predicted molar refractivity (Wildman–Crippen MR) is 52.8 cm³/mol. The third-order valence-electron chi connectivity index (χ3n) is 1.59. The molecule has 0 amide bonds. The highest BCUT2D eigenvalue weighted by Crippen LogP contribution is 1.91. The van der Waals surface area contributed by atoms with Crippen LogP contribution < -0.4 is 0 Å². The van der Waals surface area contributed by atoms with Crippen molar-refractivity contribution in [2.45, 2.75) is 0 Å². The molecule has 1 rings (SSSR count). The molecule has 0 N–H and O–H groups in total. The van der Waals surface area contributed by atoms with Crippen LogP contribution in [0.1, 0.15) is 4.79 Å². The average molecular weight is 178 g/mol. The van der Waals surface area contributed by atoms with Crippen LogP contribution in [-0.4, -0.2) is 36.0 Å². The SMILES string of the molecule is CN(C)C/C=C/C(=O)n1cccc1. The van der Waals surface area contributed by atoms with Gasteiger partial charge in [0.2, 0.25) is 0 Å². The normalized spacial score (nSPS) is 11.3. The summed E-state index contributed by atoms with van der Waals surface area (Å²) in [6.07, 6.45) is 6.91. The standard InChI is InChI=1S/C10H14N2O/c1-11(2)7-5-6-10(13)12-8-3-4-9-12/h3-6,8-9H,7H2,1-2H3/b6-5+. The Labute approximate surface area is 78.3 Å². The first-order valence-electron chi connectivity index (χ1n) is 4.19. The first-order chi connectivity index (χ1) is 6.20. The minimum absolute atomic E-state index is 0.00755. The number of carbonyl (C=O) groups excluding carboxylic acids is 1. The molecule has 0 aliphatic heterocycles. The molecule has 0 unspecified atom stereocenters. The fourth-order valence-electron chi connectivity index (χ4n) is 0.932. The van der Waals surface area contributed by atoms with Crippen LogP contribution in [0.25, 0.3) is 0 Å². The molecule has 70 valence electrons. The van der Waals surface area contributed by atoms with E-state index in [0.717, 1.165) is 6.54 Å². The second-order valence-corrected chi connectivity index (χ2v) is 3.09. The molecule has 0 atom stereocenters. The topological polar surface area (TPSA) is 25.2 Å². The Kier molecular flexibility index (Phi) is 3.46. The Morgan fingerprint density at radius 1 is 1.38 bits per heavy atom. The third-order valence-corrected chi connectivity index (χ3v) is 1.59. The third kappa shape index (κ3) is 3.25. The summed E-state index contributed by atoms with van der Waals surface area (Å²) in [5, 5.41) is 0. The maximum Gasteiger partial charge on any atom is 0.254 e. The van der Waals surface area contributed by atoms with Gasteiger partial charge in [0.15, 0.2) is 0 Å². The van der Waals surface area contributed by atoms with Gasteiger partial charge in [-0.2, -0.15) is 0 Å². The lowest BCUT2D eigenvalue weighted by atomic mass is 10.4. The summed E-state index contributed by atoms with van der Waals surface area (Å²) in [5.41, 5.74) is 0. The molecule has 3 nitrogen and oxygen atoms in total. The zero-order valence-electron chi connectivity index (χ0n) is 7.97. The molecular formula is C10H14N2O. The van der Waals surface area contributed by atoms with Gasteiger partial charge in [0.25, 0.3) is 5.91 Å². The molecular weight excluding hydrogens is 164 g/mol. The first kappa shape index (κ1) is 9.74. The molecule has 13 heavy (non-hydrogen) atoms. The van der Waals surface area contributed by atoms with Crippen molar-refractivity contribution in [3.63, 3.8) is 0 Å². The van der Waals surface area contributed by atoms with Crippen molar-refractivity contribution in [2.75, 3.05) is 20.6 Å². The summed E-state index contributed by atoms with van der Waals surface area (Å²) < 4.78 is 1.55. The number of allylic oxidation sites excluding steroid dienone is 1. The van der Waals surface area contributed by atoms with Gasteiger partial charge in [0, 0.05) is 25.0 Å². The second kappa shape index (κ2) is 4.62. The Hall–Kier alpha value is -1.35. The minimum Gasteiger partial charge on any atom is -0.306 e. The molecule has 0 aliphatic carbocycles. The van der Waals surface area contributed by atoms with E-state index >= 15 is 0 Å². The van der Waals surface area contributed by atoms with Crippen LogP contribution in [0, 0.1) is 0 Å². The van der Waals surface area contributed by atoms with E-state index in [1.54, 1.807) is 23.0 Å². The minimum atomic E-state index is -0.00755. The van der Waals surface area contributed by atoms with E-state index < -0.39 is 0 Å². The van der Waals surface area contributed by atoms with Gasteiger partial charge in [-0.15, -0.1) is 0 Å². The highest BCUT2D eigenvalue weighted by molar-refractivity contribution is 5.89. The summed E-state index contributed by atoms with van der Waals surface area (Å²) >= 11 is 0. The maximum absolute atomic E-state index is 11.3. The highest BCUT2D eigenvalue weighted by Gasteiger charge is 1.95. The number of aromatic nitrogens is 1. The van der Waals surface area contributed by atoms with Crippen molar-refractivity contribution >= 4 is 5.91 Å². The fourth-order valence-corrected chi connectivity index (χ4v) is 0.932. The Balaban J connectivity index is 2.47. The Bertz CT molecular complexity index is 286. The quantitative estimate of drug-likeness (QED) is 0.651. The van der Waals surface area contributed by atoms with E-state index in [1.807, 2.05) is 37.2 Å². The fraction of sp³-hybridized carbons (Fsp3) is 0.300. The Morgan fingerprint density at radius 3 is 2.54 bits per heavy atom. The van der Waals surface area contributed by atoms with Gasteiger partial charge in [0.05, 0.1) is 0 Å². The van der Waals surface area contributed by atoms with Crippen LogP contribution in [-0.2, 0) is 0 Å². The number of rotatable bonds is 3. The molecule has 0 saturated heterocycles. The first-order valence-corrected chi connectivity index (χ1v) is 4.19. The molecule has 1 aromatic heterocycles. The van der Waals surface area contributed by atoms with Crippen molar-refractivity contribution in [2.24, 2.45) is 0 Å². The zero-order chi connectivity index (χ0) is 9.68. The molecule has 0 spiro atoms. The van der Waals surface area contributed by atoms with Crippen LogP contribution in [0.5, 0.6) is 0 Å². The monoisotopic (exact) mass is 178 g/mol. The molecule has 1 aromatic rings. The number of nitrogens with zero attached hydrogens (tertiary/aromatic N) is 2. The number of hydrogen-bond acceptors (Lipinski definition) is 2. The molecule has 0 fully saturated rings. The molecule has 0 bridgehead atoms. The molecule has 0 aliphatic rings. The van der Waals surface area contributed by atoms with E-state index in [1.165, 1.54) is 0 Å². The number of hydrogen-bond donors (Lipinski definition) is 0. The largest absolute Gasteiger partial charge is 0.306 e. The Morgan fingerprint density at radius 2 is 2.00 bits per heavy atom. The summed E-state index contributed by atoms with van der Waals surface area (Å²) in [6.45, 7) is 0.785. The lowest BCUT2D eigenvalue weighted by molar-refractivity contribution is 0.0969. The summed E-state index contributed by atoms with van der Waals surface area (Å²) in [4.78, 5) is 13.3. The predicted octanol–water partition coefficient (Wildman–Crippen LogP) is 1.25. The smallest absolute Gasteiger partial charge is 0.254 e. The van der Waals surface area contributed by atoms with Crippen LogP contribution in [0.2, 0.25) is 0 Å². The molecule has 1 heterocycles. The second-order valence-electron chi connectivity index (χ2n) is 3.09. The lowest BCUT2D eigenvalue weighted by Gasteiger charge is -2.03. The van der Waals surface area contributed by atoms with Crippen molar-refractivity contribution in [3.05, 3.63) is 36.7 Å². The van der Waals surface area contributed by atoms with E-state index in [0.29, 0.717) is 0 Å². The van der Waals surface area contributed by atoms with Crippen LogP contribution in [0.3, 0.4) is 0 Å². The van der Waals surface area contributed by atoms with Gasteiger partial charge in [-0.25, -0.2) is 0 Å². The van der Waals surface area contributed by atoms with Gasteiger partial charge in [-0.3, -0.25) is 9.36 Å². The maximum atomic E-state index is 11.3. The van der Waals surface area contributed by atoms with Crippen LogP contribution in [0.4, 0.5) is 0 Å². The van der Waals surface area contributed by atoms with Crippen molar-refractivity contribution in [1.29, 1.82) is 0 Å². The van der Waals surface area contributed by atoms with Gasteiger partial charge in [0.1, 0.15) is 0 Å². The van der Waals surface area contributed by atoms with Gasteiger partial charge >= 0.3 is 0 Å². The summed E-state index contributed by atoms with van der Waals surface area (Å²) in [5.74, 6) is -0.00755. The zero-order valence-corrected chi connectivity index (χ0v) is 7.97. The van der Waals surface area contributed by atoms with E-state index in [4.69, 9.17) is 0 Å². The summed E-state index contributed by atoms with van der Waals surface area (Å²) in [7, 11) is 3.93. The van der Waals surface area contributed by atoms with Crippen molar-refractivity contribution < 1.29 is 4.79 Å². The molecule has 0 radical (unpaired) electrons. The molecule has 0 aromatic carbocycles. The van der Waals surface area contributed by atoms with Crippen molar-refractivity contribution in [1.82, 2.24) is 9.47 Å². The average Bonchev–Trinajstić information content (AvgIpc) is 2.55. The lowest BCUT2D eigenvalue weighted by Crippen LogP contribution is -2.11. The van der Waals surface area contributed by atoms with E-state index in [2.05, 4.69) is 0 Å². The van der Waals surface area contributed by atoms with Gasteiger partial charge in [-0.05, 0) is 26.2 Å². The van der Waals surface area contributed by atoms with E-state index in [9.17, 15) is 4.79 Å². The van der Waals surface area contributed by atoms with Crippen LogP contribution in [0.15, 0.2) is 36.7 Å². The molecule has 3 heteroatoms. The molecule has 0 saturated carbocycles. The summed E-state index contributed by atoms with van der Waals surface area (Å²) in [6, 6.07) is 3.66. The van der Waals surface area contributed by atoms with Gasteiger partial charge < -0.3 is 4.90 Å². The van der Waals surface area contributed by atoms with Crippen LogP contribution >= 0.6 is 0 Å². The van der Waals surface area contributed by atoms with Crippen molar-refractivity contribution in [3.8, 4) is 0 Å². The van der Waals surface area contributed by atoms with Gasteiger partial charge in [-0.1, -0.05) is 6.08 Å². The highest BCUT2D eigenvalue weighted by atomic mass is 16.1. The van der Waals surface area contributed by atoms with E-state index in [-0.39, 0.29) is 5.91 Å².